The topological polar surface area (TPSA) is 63.4 Å². The van der Waals surface area contributed by atoms with Crippen LogP contribution in [0.1, 0.15) is 5.56 Å². The Kier molecular flexibility index (Phi) is 4.57. The summed E-state index contributed by atoms with van der Waals surface area (Å²) in [7, 11) is 0. The van der Waals surface area contributed by atoms with Gasteiger partial charge in [-0.15, -0.1) is 0 Å². The lowest BCUT2D eigenvalue weighted by molar-refractivity contribution is -0.387. The van der Waals surface area contributed by atoms with Crippen LogP contribution in [0.3, 0.4) is 0 Å². The van der Waals surface area contributed by atoms with Crippen molar-refractivity contribution in [1.82, 2.24) is 0 Å². The molecule has 0 aromatic heterocycles. The van der Waals surface area contributed by atoms with Gasteiger partial charge in [-0.05, 0) is 29.8 Å². The lowest BCUT2D eigenvalue weighted by Gasteiger charge is -2.05. The summed E-state index contributed by atoms with van der Waals surface area (Å²) in [5.41, 5.74) is 0.543. The van der Waals surface area contributed by atoms with E-state index in [0.717, 1.165) is 9.37 Å². The van der Waals surface area contributed by atoms with Gasteiger partial charge in [-0.3, -0.25) is 10.1 Å². The maximum atomic E-state index is 11.0. The van der Waals surface area contributed by atoms with Crippen LogP contribution in [0.2, 0.25) is 0 Å². The Morgan fingerprint density at radius 3 is 2.68 bits per heavy atom. The highest BCUT2D eigenvalue weighted by Gasteiger charge is 2.15. The zero-order valence-corrected chi connectivity index (χ0v) is 12.1. The van der Waals surface area contributed by atoms with Crippen LogP contribution in [0.5, 0.6) is 0 Å². The number of nitrogens with zero attached hydrogens (tertiary/aromatic N) is 1. The lowest BCUT2D eigenvalue weighted by atomic mass is 10.2. The minimum absolute atomic E-state index is 0.0107. The molecule has 0 aliphatic heterocycles. The van der Waals surface area contributed by atoms with Gasteiger partial charge in [0, 0.05) is 15.4 Å². The Balaban J connectivity index is 2.36. The van der Waals surface area contributed by atoms with Crippen LogP contribution in [0.15, 0.2) is 56.7 Å². The predicted octanol–water partition coefficient (Wildman–Crippen LogP) is 4.00. The van der Waals surface area contributed by atoms with E-state index in [1.165, 1.54) is 17.8 Å². The standard InChI is InChI=1S/C13H10BrNO3S/c14-10-2-1-3-11(7-10)19-13-5-4-9(8-16)6-12(13)15(17)18/h1-7,16H,8H2. The molecule has 0 saturated carbocycles. The van der Waals surface area contributed by atoms with Gasteiger partial charge < -0.3 is 5.11 Å². The first-order chi connectivity index (χ1) is 9.10. The van der Waals surface area contributed by atoms with Crippen molar-refractivity contribution in [1.29, 1.82) is 0 Å². The number of benzene rings is 2. The molecule has 98 valence electrons. The van der Waals surface area contributed by atoms with E-state index in [1.807, 2.05) is 24.3 Å². The van der Waals surface area contributed by atoms with E-state index in [4.69, 9.17) is 5.11 Å². The first-order valence-corrected chi connectivity index (χ1v) is 7.02. The molecular weight excluding hydrogens is 330 g/mol. The van der Waals surface area contributed by atoms with Crippen LogP contribution in [-0.2, 0) is 6.61 Å². The van der Waals surface area contributed by atoms with Crippen molar-refractivity contribution in [3.63, 3.8) is 0 Å². The summed E-state index contributed by atoms with van der Waals surface area (Å²) in [5.74, 6) is 0. The van der Waals surface area contributed by atoms with Crippen LogP contribution in [0.25, 0.3) is 0 Å². The van der Waals surface area contributed by atoms with Gasteiger partial charge in [-0.1, -0.05) is 39.8 Å². The Bertz CT molecular complexity index is 619. The van der Waals surface area contributed by atoms with Gasteiger partial charge >= 0.3 is 0 Å². The summed E-state index contributed by atoms with van der Waals surface area (Å²) in [6, 6.07) is 12.3. The van der Waals surface area contributed by atoms with Gasteiger partial charge in [0.2, 0.25) is 0 Å². The molecule has 0 unspecified atom stereocenters. The SMILES string of the molecule is O=[N+]([O-])c1cc(CO)ccc1Sc1cccc(Br)c1. The molecule has 19 heavy (non-hydrogen) atoms. The second-order valence-electron chi connectivity index (χ2n) is 3.78. The average molecular weight is 340 g/mol. The van der Waals surface area contributed by atoms with E-state index in [-0.39, 0.29) is 12.3 Å². The van der Waals surface area contributed by atoms with E-state index in [1.54, 1.807) is 12.1 Å². The van der Waals surface area contributed by atoms with Crippen LogP contribution in [-0.4, -0.2) is 10.0 Å². The molecule has 0 fully saturated rings. The summed E-state index contributed by atoms with van der Waals surface area (Å²) >= 11 is 4.69. The Morgan fingerprint density at radius 2 is 2.05 bits per heavy atom. The number of aliphatic hydroxyl groups excluding tert-OH is 1. The van der Waals surface area contributed by atoms with Crippen molar-refractivity contribution in [2.24, 2.45) is 0 Å². The molecule has 1 N–H and O–H groups in total. The summed E-state index contributed by atoms with van der Waals surface area (Å²) in [6.07, 6.45) is 0. The van der Waals surface area contributed by atoms with Gasteiger partial charge in [-0.2, -0.15) is 0 Å². The van der Waals surface area contributed by atoms with Crippen LogP contribution in [0, 0.1) is 10.1 Å². The van der Waals surface area contributed by atoms with Crippen LogP contribution >= 0.6 is 27.7 Å². The molecule has 0 amide bonds. The molecular formula is C13H10BrNO3S. The van der Waals surface area contributed by atoms with Gasteiger partial charge in [0.15, 0.2) is 0 Å². The second kappa shape index (κ2) is 6.18. The fraction of sp³-hybridized carbons (Fsp3) is 0.0769. The Labute approximate surface area is 122 Å². The molecule has 0 bridgehead atoms. The fourth-order valence-electron chi connectivity index (χ4n) is 1.55. The number of nitro groups is 1. The summed E-state index contributed by atoms with van der Waals surface area (Å²) < 4.78 is 0.923. The molecule has 2 rings (SSSR count). The molecule has 2 aromatic rings. The third-order valence-corrected chi connectivity index (χ3v) is 3.97. The van der Waals surface area contributed by atoms with E-state index < -0.39 is 4.92 Å². The third kappa shape index (κ3) is 3.56. The monoisotopic (exact) mass is 339 g/mol. The number of hydrogen-bond acceptors (Lipinski definition) is 4. The predicted molar refractivity (Wildman–Crippen MR) is 77.3 cm³/mol. The van der Waals surface area contributed by atoms with Crippen molar-refractivity contribution in [2.75, 3.05) is 0 Å². The smallest absolute Gasteiger partial charge is 0.283 e. The third-order valence-electron chi connectivity index (χ3n) is 2.43. The number of hydrogen-bond donors (Lipinski definition) is 1. The number of halogens is 1. The first-order valence-electron chi connectivity index (χ1n) is 5.42. The normalized spacial score (nSPS) is 10.4. The molecule has 6 heteroatoms. The van der Waals surface area contributed by atoms with E-state index >= 15 is 0 Å². The quantitative estimate of drug-likeness (QED) is 0.675. The molecule has 0 atom stereocenters. The summed E-state index contributed by atoms with van der Waals surface area (Å²) in [5, 5.41) is 20.1. The highest BCUT2D eigenvalue weighted by molar-refractivity contribution is 9.10. The van der Waals surface area contributed by atoms with E-state index in [0.29, 0.717) is 10.5 Å². The number of aliphatic hydroxyl groups is 1. The van der Waals surface area contributed by atoms with Gasteiger partial charge in [0.1, 0.15) is 0 Å². The molecule has 0 aliphatic rings. The van der Waals surface area contributed by atoms with Crippen molar-refractivity contribution >= 4 is 33.4 Å². The van der Waals surface area contributed by atoms with Crippen LogP contribution in [0.4, 0.5) is 5.69 Å². The van der Waals surface area contributed by atoms with Gasteiger partial charge in [0.25, 0.3) is 5.69 Å². The van der Waals surface area contributed by atoms with Crippen molar-refractivity contribution in [3.05, 3.63) is 62.6 Å². The zero-order valence-electron chi connectivity index (χ0n) is 9.75. The van der Waals surface area contributed by atoms with E-state index in [2.05, 4.69) is 15.9 Å². The highest BCUT2D eigenvalue weighted by Crippen LogP contribution is 2.36. The largest absolute Gasteiger partial charge is 0.392 e. The minimum Gasteiger partial charge on any atom is -0.392 e. The molecule has 0 aliphatic carbocycles. The number of nitro benzene ring substituents is 1. The molecule has 2 aromatic carbocycles. The van der Waals surface area contributed by atoms with Gasteiger partial charge in [0.05, 0.1) is 16.4 Å². The molecule has 0 saturated heterocycles. The Hall–Kier alpha value is -1.37. The average Bonchev–Trinajstić information content (AvgIpc) is 2.39. The van der Waals surface area contributed by atoms with Crippen molar-refractivity contribution < 1.29 is 10.0 Å². The lowest BCUT2D eigenvalue weighted by Crippen LogP contribution is -1.93. The molecule has 0 heterocycles. The second-order valence-corrected chi connectivity index (χ2v) is 5.81. The van der Waals surface area contributed by atoms with Crippen molar-refractivity contribution in [3.8, 4) is 0 Å². The maximum Gasteiger partial charge on any atom is 0.283 e. The summed E-state index contributed by atoms with van der Waals surface area (Å²) in [6.45, 7) is -0.206. The zero-order chi connectivity index (χ0) is 13.8. The van der Waals surface area contributed by atoms with Crippen LogP contribution < -0.4 is 0 Å². The fourth-order valence-corrected chi connectivity index (χ4v) is 3.06. The Morgan fingerprint density at radius 1 is 1.26 bits per heavy atom. The van der Waals surface area contributed by atoms with Crippen molar-refractivity contribution in [2.45, 2.75) is 16.4 Å². The van der Waals surface area contributed by atoms with Gasteiger partial charge in [-0.25, -0.2) is 0 Å². The summed E-state index contributed by atoms with van der Waals surface area (Å²) in [4.78, 5) is 12.1. The molecule has 4 nitrogen and oxygen atoms in total. The maximum absolute atomic E-state index is 11.0. The number of rotatable bonds is 4. The van der Waals surface area contributed by atoms with E-state index in [9.17, 15) is 10.1 Å². The molecule has 0 radical (unpaired) electrons. The highest BCUT2D eigenvalue weighted by atomic mass is 79.9. The molecule has 0 spiro atoms. The minimum atomic E-state index is -0.431. The first kappa shape index (κ1) is 14.0.